The summed E-state index contributed by atoms with van der Waals surface area (Å²) in [4.78, 5) is 51.5. The Bertz CT molecular complexity index is 1510. The minimum atomic E-state index is -0.891. The Kier molecular flexibility index (Phi) is 8.93. The SMILES string of the molecule is CCOc1cc(/C=C2/C(=O)NC(=O)N(c3ccc(Cl)cc3)C2=O)cc(Cl)c1OCC(=O)Nc1ccccc1OC. The van der Waals surface area contributed by atoms with Gasteiger partial charge < -0.3 is 19.5 Å². The smallest absolute Gasteiger partial charge is 0.335 e. The number of hydrogen-bond acceptors (Lipinski definition) is 7. The molecule has 0 atom stereocenters. The molecule has 3 aromatic rings. The van der Waals surface area contributed by atoms with Crippen molar-refractivity contribution in [2.45, 2.75) is 6.92 Å². The molecule has 0 radical (unpaired) electrons. The lowest BCUT2D eigenvalue weighted by Crippen LogP contribution is -2.54. The molecule has 206 valence electrons. The molecule has 0 saturated carbocycles. The van der Waals surface area contributed by atoms with Crippen molar-refractivity contribution in [1.29, 1.82) is 0 Å². The molecule has 1 fully saturated rings. The van der Waals surface area contributed by atoms with Gasteiger partial charge in [-0.1, -0.05) is 35.3 Å². The number of amides is 5. The fourth-order valence-electron chi connectivity index (χ4n) is 3.79. The molecule has 1 aliphatic rings. The van der Waals surface area contributed by atoms with Gasteiger partial charge in [0.05, 0.1) is 30.1 Å². The molecule has 1 heterocycles. The third-order valence-electron chi connectivity index (χ3n) is 5.56. The maximum absolute atomic E-state index is 13.2. The number of barbiturate groups is 1. The molecule has 2 N–H and O–H groups in total. The highest BCUT2D eigenvalue weighted by molar-refractivity contribution is 6.39. The molecule has 1 aliphatic heterocycles. The number of nitrogens with zero attached hydrogens (tertiary/aromatic N) is 1. The van der Waals surface area contributed by atoms with Crippen LogP contribution in [0.3, 0.4) is 0 Å². The van der Waals surface area contributed by atoms with Gasteiger partial charge in [-0.15, -0.1) is 0 Å². The first-order chi connectivity index (χ1) is 19.2. The van der Waals surface area contributed by atoms with Crippen LogP contribution < -0.4 is 29.7 Å². The minimum Gasteiger partial charge on any atom is -0.495 e. The van der Waals surface area contributed by atoms with Gasteiger partial charge in [0, 0.05) is 5.02 Å². The summed E-state index contributed by atoms with van der Waals surface area (Å²) in [5.41, 5.74) is 0.716. The Balaban J connectivity index is 1.57. The molecule has 0 spiro atoms. The zero-order valence-electron chi connectivity index (χ0n) is 21.3. The summed E-state index contributed by atoms with van der Waals surface area (Å²) in [6.45, 7) is 1.58. The summed E-state index contributed by atoms with van der Waals surface area (Å²) in [5.74, 6) is -1.41. The fraction of sp³-hybridized carbons (Fsp3) is 0.143. The molecule has 4 rings (SSSR count). The van der Waals surface area contributed by atoms with E-state index in [2.05, 4.69) is 10.6 Å². The second kappa shape index (κ2) is 12.5. The highest BCUT2D eigenvalue weighted by atomic mass is 35.5. The molecule has 40 heavy (non-hydrogen) atoms. The van der Waals surface area contributed by atoms with Gasteiger partial charge in [-0.3, -0.25) is 19.7 Å². The van der Waals surface area contributed by atoms with Crippen molar-refractivity contribution in [3.63, 3.8) is 0 Å². The number of rotatable bonds is 9. The first kappa shape index (κ1) is 28.5. The zero-order chi connectivity index (χ0) is 28.8. The van der Waals surface area contributed by atoms with Crippen LogP contribution in [-0.4, -0.2) is 44.1 Å². The number of carbonyl (C=O) groups is 4. The predicted molar refractivity (Wildman–Crippen MR) is 150 cm³/mol. The second-order valence-electron chi connectivity index (χ2n) is 8.23. The summed E-state index contributed by atoms with van der Waals surface area (Å²) in [6, 6.07) is 14.9. The van der Waals surface area contributed by atoms with E-state index in [4.69, 9.17) is 37.4 Å². The number of anilines is 2. The van der Waals surface area contributed by atoms with E-state index >= 15 is 0 Å². The predicted octanol–water partition coefficient (Wildman–Crippen LogP) is 5.08. The van der Waals surface area contributed by atoms with Crippen LogP contribution >= 0.6 is 23.2 Å². The Hall–Kier alpha value is -4.54. The highest BCUT2D eigenvalue weighted by Gasteiger charge is 2.37. The monoisotopic (exact) mass is 583 g/mol. The number of carbonyl (C=O) groups excluding carboxylic acids is 4. The maximum atomic E-state index is 13.2. The first-order valence-electron chi connectivity index (χ1n) is 11.9. The summed E-state index contributed by atoms with van der Waals surface area (Å²) in [7, 11) is 1.49. The van der Waals surface area contributed by atoms with Crippen LogP contribution in [0.5, 0.6) is 17.2 Å². The van der Waals surface area contributed by atoms with Crippen LogP contribution in [0.1, 0.15) is 12.5 Å². The Morgan fingerprint density at radius 1 is 1.00 bits per heavy atom. The molecule has 1 saturated heterocycles. The summed E-state index contributed by atoms with van der Waals surface area (Å²) < 4.78 is 16.6. The van der Waals surface area contributed by atoms with E-state index in [1.54, 1.807) is 31.2 Å². The van der Waals surface area contributed by atoms with Crippen molar-refractivity contribution >= 4 is 64.4 Å². The van der Waals surface area contributed by atoms with Crippen LogP contribution in [-0.2, 0) is 14.4 Å². The number of urea groups is 1. The van der Waals surface area contributed by atoms with Crippen molar-refractivity contribution in [1.82, 2.24) is 5.32 Å². The number of benzene rings is 3. The molecular formula is C28H23Cl2N3O7. The van der Waals surface area contributed by atoms with Crippen molar-refractivity contribution in [3.05, 3.63) is 81.8 Å². The molecule has 10 nitrogen and oxygen atoms in total. The highest BCUT2D eigenvalue weighted by Crippen LogP contribution is 2.38. The molecular weight excluding hydrogens is 561 g/mol. The zero-order valence-corrected chi connectivity index (χ0v) is 22.8. The van der Waals surface area contributed by atoms with Crippen LogP contribution in [0.15, 0.2) is 66.2 Å². The van der Waals surface area contributed by atoms with Crippen LogP contribution in [0.25, 0.3) is 6.08 Å². The van der Waals surface area contributed by atoms with Crippen LogP contribution in [0.4, 0.5) is 16.2 Å². The van der Waals surface area contributed by atoms with E-state index in [1.165, 1.54) is 49.6 Å². The van der Waals surface area contributed by atoms with Gasteiger partial charge in [0.2, 0.25) is 0 Å². The molecule has 0 bridgehead atoms. The van der Waals surface area contributed by atoms with Crippen molar-refractivity contribution in [2.75, 3.05) is 30.5 Å². The van der Waals surface area contributed by atoms with Gasteiger partial charge >= 0.3 is 6.03 Å². The molecule has 0 aromatic heterocycles. The van der Waals surface area contributed by atoms with E-state index < -0.39 is 30.4 Å². The quantitative estimate of drug-likeness (QED) is 0.266. The largest absolute Gasteiger partial charge is 0.495 e. The lowest BCUT2D eigenvalue weighted by atomic mass is 10.1. The number of nitrogens with one attached hydrogen (secondary N) is 2. The van der Waals surface area contributed by atoms with E-state index in [0.29, 0.717) is 22.0 Å². The van der Waals surface area contributed by atoms with Gasteiger partial charge in [-0.2, -0.15) is 0 Å². The number of imide groups is 2. The Morgan fingerprint density at radius 3 is 2.42 bits per heavy atom. The molecule has 3 aromatic carbocycles. The number of halogens is 2. The van der Waals surface area contributed by atoms with Gasteiger partial charge in [-0.25, -0.2) is 9.69 Å². The molecule has 12 heteroatoms. The minimum absolute atomic E-state index is 0.0668. The summed E-state index contributed by atoms with van der Waals surface area (Å²) in [5, 5.41) is 5.33. The molecule has 0 aliphatic carbocycles. The normalized spacial score (nSPS) is 14.2. The van der Waals surface area contributed by atoms with Crippen LogP contribution in [0.2, 0.25) is 10.0 Å². The van der Waals surface area contributed by atoms with Crippen molar-refractivity contribution in [2.24, 2.45) is 0 Å². The third-order valence-corrected chi connectivity index (χ3v) is 6.09. The molecule has 0 unspecified atom stereocenters. The Labute approximate surface area is 239 Å². The lowest BCUT2D eigenvalue weighted by Gasteiger charge is -2.26. The van der Waals surface area contributed by atoms with E-state index in [0.717, 1.165) is 4.90 Å². The van der Waals surface area contributed by atoms with Gasteiger partial charge in [-0.05, 0) is 67.1 Å². The van der Waals surface area contributed by atoms with Crippen LogP contribution in [0, 0.1) is 0 Å². The third kappa shape index (κ3) is 6.36. The number of para-hydroxylation sites is 2. The summed E-state index contributed by atoms with van der Waals surface area (Å²) >= 11 is 12.4. The average molecular weight is 584 g/mol. The van der Waals surface area contributed by atoms with E-state index in [1.807, 2.05) is 0 Å². The van der Waals surface area contributed by atoms with Crippen molar-refractivity contribution < 1.29 is 33.4 Å². The number of ether oxygens (including phenoxy) is 3. The Morgan fingerprint density at radius 2 is 1.73 bits per heavy atom. The molecule has 5 amide bonds. The standard InChI is InChI=1S/C28H23Cl2N3O7/c1-3-39-23-14-16(12-19-26(35)32-28(37)33(27(19)36)18-10-8-17(29)9-11-18)13-20(30)25(23)40-15-24(34)31-21-6-4-5-7-22(21)38-2/h4-14H,3,15H2,1-2H3,(H,31,34)(H,32,35,37)/b19-12-. The second-order valence-corrected chi connectivity index (χ2v) is 9.08. The van der Waals surface area contributed by atoms with E-state index in [9.17, 15) is 19.2 Å². The number of methoxy groups -OCH3 is 1. The number of hydrogen-bond donors (Lipinski definition) is 2. The topological polar surface area (TPSA) is 123 Å². The maximum Gasteiger partial charge on any atom is 0.335 e. The van der Waals surface area contributed by atoms with Crippen molar-refractivity contribution in [3.8, 4) is 17.2 Å². The van der Waals surface area contributed by atoms with E-state index in [-0.39, 0.29) is 34.4 Å². The van der Waals surface area contributed by atoms with Gasteiger partial charge in [0.1, 0.15) is 11.3 Å². The average Bonchev–Trinajstić information content (AvgIpc) is 2.92. The van der Waals surface area contributed by atoms with Gasteiger partial charge in [0.25, 0.3) is 17.7 Å². The lowest BCUT2D eigenvalue weighted by molar-refractivity contribution is -0.122. The summed E-state index contributed by atoms with van der Waals surface area (Å²) in [6.07, 6.45) is 1.28. The van der Waals surface area contributed by atoms with Gasteiger partial charge in [0.15, 0.2) is 18.1 Å². The fourth-order valence-corrected chi connectivity index (χ4v) is 4.19. The first-order valence-corrected chi connectivity index (χ1v) is 12.7.